The number of amides is 4. The number of fused-ring (bicyclic) bond motifs is 1. The Morgan fingerprint density at radius 2 is 1.72 bits per heavy atom. The van der Waals surface area contributed by atoms with Gasteiger partial charge < -0.3 is 15.3 Å². The second kappa shape index (κ2) is 6.73. The molecule has 2 atom stereocenters. The SMILES string of the molecule is C[C@@]1(c2ccc(C(=O)N3Cc4ccccc4C[C@H]3C(=O)O)cc2)NC(=O)NC1=O. The van der Waals surface area contributed by atoms with Crippen LogP contribution in [0, 0.1) is 0 Å². The predicted molar refractivity (Wildman–Crippen MR) is 102 cm³/mol. The molecule has 4 amide bonds. The second-order valence-electron chi connectivity index (χ2n) is 7.37. The van der Waals surface area contributed by atoms with Crippen LogP contribution in [0.5, 0.6) is 0 Å². The van der Waals surface area contributed by atoms with Gasteiger partial charge in [-0.05, 0) is 35.7 Å². The van der Waals surface area contributed by atoms with E-state index in [0.717, 1.165) is 11.1 Å². The van der Waals surface area contributed by atoms with Crippen LogP contribution >= 0.6 is 0 Å². The summed E-state index contributed by atoms with van der Waals surface area (Å²) in [6.45, 7) is 1.79. The fraction of sp³-hybridized carbons (Fsp3) is 0.238. The molecule has 8 heteroatoms. The highest BCUT2D eigenvalue weighted by atomic mass is 16.4. The van der Waals surface area contributed by atoms with Gasteiger partial charge in [0.1, 0.15) is 11.6 Å². The molecule has 3 N–H and O–H groups in total. The first-order valence-corrected chi connectivity index (χ1v) is 9.14. The highest BCUT2D eigenvalue weighted by molar-refractivity contribution is 6.07. The molecule has 0 unspecified atom stereocenters. The van der Waals surface area contributed by atoms with Gasteiger partial charge in [0.05, 0.1) is 0 Å². The molecule has 0 aliphatic carbocycles. The van der Waals surface area contributed by atoms with Crippen LogP contribution in [0.4, 0.5) is 4.79 Å². The van der Waals surface area contributed by atoms with Gasteiger partial charge in [0.25, 0.3) is 11.8 Å². The number of nitrogens with one attached hydrogen (secondary N) is 2. The van der Waals surface area contributed by atoms with Gasteiger partial charge in [-0.25, -0.2) is 9.59 Å². The van der Waals surface area contributed by atoms with Gasteiger partial charge in [0.15, 0.2) is 0 Å². The van der Waals surface area contributed by atoms with Crippen LogP contribution in [0.25, 0.3) is 0 Å². The topological polar surface area (TPSA) is 116 Å². The van der Waals surface area contributed by atoms with Crippen molar-refractivity contribution >= 4 is 23.8 Å². The zero-order valence-electron chi connectivity index (χ0n) is 15.6. The van der Waals surface area contributed by atoms with Crippen LogP contribution in [-0.4, -0.2) is 39.9 Å². The zero-order valence-corrected chi connectivity index (χ0v) is 15.6. The van der Waals surface area contributed by atoms with Crippen molar-refractivity contribution in [3.8, 4) is 0 Å². The number of imide groups is 1. The van der Waals surface area contributed by atoms with E-state index in [-0.39, 0.29) is 13.0 Å². The Morgan fingerprint density at radius 1 is 1.07 bits per heavy atom. The second-order valence-corrected chi connectivity index (χ2v) is 7.37. The standard InChI is InChI=1S/C21H19N3O5/c1-21(19(28)22-20(29)23-21)15-8-6-12(7-9-15)17(25)24-11-14-5-3-2-4-13(14)10-16(24)18(26)27/h2-9,16H,10-11H2,1H3,(H,26,27)(H2,22,23,28,29)/t16-,21-/m0/s1. The van der Waals surface area contributed by atoms with Gasteiger partial charge in [-0.3, -0.25) is 14.9 Å². The van der Waals surface area contributed by atoms with E-state index in [1.807, 2.05) is 24.3 Å². The molecular formula is C21H19N3O5. The molecule has 2 aromatic carbocycles. The molecular weight excluding hydrogens is 374 g/mol. The van der Waals surface area contributed by atoms with E-state index in [9.17, 15) is 24.3 Å². The zero-order chi connectivity index (χ0) is 20.8. The third-order valence-electron chi connectivity index (χ3n) is 5.55. The maximum Gasteiger partial charge on any atom is 0.326 e. The van der Waals surface area contributed by atoms with Crippen LogP contribution in [0.15, 0.2) is 48.5 Å². The lowest BCUT2D eigenvalue weighted by molar-refractivity contribution is -0.142. The predicted octanol–water partition coefficient (Wildman–Crippen LogP) is 1.39. The molecule has 1 saturated heterocycles. The summed E-state index contributed by atoms with van der Waals surface area (Å²) in [6.07, 6.45) is 0.250. The summed E-state index contributed by atoms with van der Waals surface area (Å²) in [6, 6.07) is 12.2. The largest absolute Gasteiger partial charge is 0.480 e. The minimum Gasteiger partial charge on any atom is -0.480 e. The van der Waals surface area contributed by atoms with Crippen molar-refractivity contribution in [2.75, 3.05) is 0 Å². The van der Waals surface area contributed by atoms with Gasteiger partial charge >= 0.3 is 12.0 Å². The van der Waals surface area contributed by atoms with E-state index >= 15 is 0 Å². The van der Waals surface area contributed by atoms with E-state index in [1.165, 1.54) is 4.90 Å². The first-order valence-electron chi connectivity index (χ1n) is 9.14. The number of urea groups is 1. The molecule has 8 nitrogen and oxygen atoms in total. The molecule has 0 saturated carbocycles. The number of hydrogen-bond donors (Lipinski definition) is 3. The van der Waals surface area contributed by atoms with E-state index < -0.39 is 35.4 Å². The number of carboxylic acid groups (broad SMARTS) is 1. The molecule has 2 aromatic rings. The molecule has 29 heavy (non-hydrogen) atoms. The number of carboxylic acids is 1. The molecule has 0 bridgehead atoms. The molecule has 2 aliphatic rings. The van der Waals surface area contributed by atoms with Crippen molar-refractivity contribution in [2.45, 2.75) is 31.5 Å². The minimum atomic E-state index is -1.22. The molecule has 0 radical (unpaired) electrons. The Hall–Kier alpha value is -3.68. The molecule has 1 fully saturated rings. The monoisotopic (exact) mass is 393 g/mol. The normalized spacial score (nSPS) is 23.2. The quantitative estimate of drug-likeness (QED) is 0.682. The van der Waals surface area contributed by atoms with Crippen LogP contribution in [0.1, 0.15) is 34.0 Å². The number of aliphatic carboxylic acids is 1. The summed E-state index contributed by atoms with van der Waals surface area (Å²) in [5.74, 6) is -1.93. The Kier molecular flexibility index (Phi) is 4.34. The fourth-order valence-corrected chi connectivity index (χ4v) is 3.82. The van der Waals surface area contributed by atoms with Gasteiger partial charge in [-0.1, -0.05) is 36.4 Å². The summed E-state index contributed by atoms with van der Waals surface area (Å²) >= 11 is 0. The molecule has 2 heterocycles. The van der Waals surface area contributed by atoms with Crippen molar-refractivity contribution < 1.29 is 24.3 Å². The molecule has 2 aliphatic heterocycles. The number of hydrogen-bond acceptors (Lipinski definition) is 4. The van der Waals surface area contributed by atoms with Crippen molar-refractivity contribution in [3.05, 3.63) is 70.8 Å². The summed E-state index contributed by atoms with van der Waals surface area (Å²) in [7, 11) is 0. The third-order valence-corrected chi connectivity index (χ3v) is 5.55. The van der Waals surface area contributed by atoms with Crippen LogP contribution in [-0.2, 0) is 28.1 Å². The van der Waals surface area contributed by atoms with Crippen molar-refractivity contribution in [2.24, 2.45) is 0 Å². The highest BCUT2D eigenvalue weighted by Crippen LogP contribution is 2.27. The summed E-state index contributed by atoms with van der Waals surface area (Å²) in [5.41, 5.74) is 1.47. The van der Waals surface area contributed by atoms with Gasteiger partial charge in [0, 0.05) is 18.5 Å². The lowest BCUT2D eigenvalue weighted by atomic mass is 9.90. The first kappa shape index (κ1) is 18.7. The highest BCUT2D eigenvalue weighted by Gasteiger charge is 2.43. The first-order chi connectivity index (χ1) is 13.8. The smallest absolute Gasteiger partial charge is 0.326 e. The number of benzene rings is 2. The van der Waals surface area contributed by atoms with Gasteiger partial charge in [-0.2, -0.15) is 0 Å². The number of carbonyl (C=O) groups is 4. The Labute approximate surface area is 166 Å². The Balaban J connectivity index is 1.61. The molecule has 0 aromatic heterocycles. The van der Waals surface area contributed by atoms with Crippen molar-refractivity contribution in [1.82, 2.24) is 15.5 Å². The van der Waals surface area contributed by atoms with E-state index in [4.69, 9.17) is 0 Å². The lowest BCUT2D eigenvalue weighted by Gasteiger charge is -2.34. The lowest BCUT2D eigenvalue weighted by Crippen LogP contribution is -2.48. The van der Waals surface area contributed by atoms with Crippen molar-refractivity contribution in [3.63, 3.8) is 0 Å². The van der Waals surface area contributed by atoms with Gasteiger partial charge in [0.2, 0.25) is 0 Å². The van der Waals surface area contributed by atoms with Crippen LogP contribution in [0.3, 0.4) is 0 Å². The van der Waals surface area contributed by atoms with E-state index in [2.05, 4.69) is 10.6 Å². The summed E-state index contributed by atoms with van der Waals surface area (Å²) in [5, 5.41) is 14.4. The number of carbonyl (C=O) groups excluding carboxylic acids is 3. The molecule has 0 spiro atoms. The minimum absolute atomic E-state index is 0.212. The molecule has 4 rings (SSSR count). The average molecular weight is 393 g/mol. The maximum atomic E-state index is 13.1. The third kappa shape index (κ3) is 3.12. The van der Waals surface area contributed by atoms with Crippen LogP contribution in [0.2, 0.25) is 0 Å². The number of rotatable bonds is 3. The Bertz CT molecular complexity index is 1030. The van der Waals surface area contributed by atoms with E-state index in [1.54, 1.807) is 31.2 Å². The molecule has 148 valence electrons. The maximum absolute atomic E-state index is 13.1. The van der Waals surface area contributed by atoms with Crippen LogP contribution < -0.4 is 10.6 Å². The van der Waals surface area contributed by atoms with Gasteiger partial charge in [-0.15, -0.1) is 0 Å². The van der Waals surface area contributed by atoms with E-state index in [0.29, 0.717) is 11.1 Å². The Morgan fingerprint density at radius 3 is 2.31 bits per heavy atom. The number of nitrogens with zero attached hydrogens (tertiary/aromatic N) is 1. The fourth-order valence-electron chi connectivity index (χ4n) is 3.82. The van der Waals surface area contributed by atoms with Crippen molar-refractivity contribution in [1.29, 1.82) is 0 Å². The summed E-state index contributed by atoms with van der Waals surface area (Å²) in [4.78, 5) is 49.7. The average Bonchev–Trinajstić information content (AvgIpc) is 2.98. The summed E-state index contributed by atoms with van der Waals surface area (Å²) < 4.78 is 0.